The largest absolute Gasteiger partial charge is 0.481 e. The van der Waals surface area contributed by atoms with Crippen molar-refractivity contribution in [3.63, 3.8) is 0 Å². The number of fused-ring (bicyclic) bond motifs is 1. The Kier molecular flexibility index (Phi) is 3.22. The number of anilines is 1. The number of carboxylic acids is 1. The summed E-state index contributed by atoms with van der Waals surface area (Å²) in [6, 6.07) is 8.02. The molecule has 3 aliphatic rings. The van der Waals surface area contributed by atoms with E-state index in [4.69, 9.17) is 4.74 Å². The lowest BCUT2D eigenvalue weighted by Gasteiger charge is -2.21. The summed E-state index contributed by atoms with van der Waals surface area (Å²) < 4.78 is 5.89. The van der Waals surface area contributed by atoms with Crippen molar-refractivity contribution in [1.82, 2.24) is 4.90 Å². The van der Waals surface area contributed by atoms with Crippen molar-refractivity contribution in [2.75, 3.05) is 25.5 Å². The van der Waals surface area contributed by atoms with Gasteiger partial charge >= 0.3 is 5.97 Å². The Bertz CT molecular complexity index is 727. The standard InChI is InChI=1S/C18H20N2O4/c1-19(2)12-5-3-11(4-6-12)9-20-10-18-8-7-13(24-18)14(17(22)23)15(18)16(20)21/h3-8,13-15H,9-10H2,1-2H3,(H,22,23)/t13-,14?,15+,18-/m1/s1. The van der Waals surface area contributed by atoms with Crippen LogP contribution in [0.1, 0.15) is 5.56 Å². The average molecular weight is 328 g/mol. The number of rotatable bonds is 4. The highest BCUT2D eigenvalue weighted by Gasteiger charge is 2.66. The Morgan fingerprint density at radius 1 is 1.38 bits per heavy atom. The fourth-order valence-electron chi connectivity index (χ4n) is 4.11. The Morgan fingerprint density at radius 2 is 2.08 bits per heavy atom. The van der Waals surface area contributed by atoms with Crippen molar-refractivity contribution in [1.29, 1.82) is 0 Å². The zero-order valence-corrected chi connectivity index (χ0v) is 13.7. The first-order valence-electron chi connectivity index (χ1n) is 8.06. The molecule has 2 saturated heterocycles. The molecule has 2 bridgehead atoms. The number of likely N-dealkylation sites (tertiary alicyclic amines) is 1. The van der Waals surface area contributed by atoms with Gasteiger partial charge in [-0.3, -0.25) is 9.59 Å². The second-order valence-electron chi connectivity index (χ2n) is 6.99. The highest BCUT2D eigenvalue weighted by atomic mass is 16.5. The summed E-state index contributed by atoms with van der Waals surface area (Å²) in [5.74, 6) is -2.46. The van der Waals surface area contributed by atoms with Crippen molar-refractivity contribution < 1.29 is 19.4 Å². The Morgan fingerprint density at radius 3 is 2.71 bits per heavy atom. The molecule has 3 aliphatic heterocycles. The predicted octanol–water partition coefficient (Wildman–Crippen LogP) is 1.12. The minimum atomic E-state index is -0.957. The number of hydrogen-bond donors (Lipinski definition) is 1. The van der Waals surface area contributed by atoms with Crippen LogP contribution in [0.4, 0.5) is 5.69 Å². The number of carboxylic acid groups (broad SMARTS) is 1. The molecule has 24 heavy (non-hydrogen) atoms. The summed E-state index contributed by atoms with van der Waals surface area (Å²) >= 11 is 0. The summed E-state index contributed by atoms with van der Waals surface area (Å²) in [6.45, 7) is 0.891. The molecule has 6 nitrogen and oxygen atoms in total. The van der Waals surface area contributed by atoms with Crippen LogP contribution in [0.3, 0.4) is 0 Å². The van der Waals surface area contributed by atoms with Crippen LogP contribution in [-0.4, -0.2) is 54.2 Å². The number of ether oxygens (including phenoxy) is 1. The lowest BCUT2D eigenvalue weighted by Crippen LogP contribution is -2.39. The Hall–Kier alpha value is -2.34. The second-order valence-corrected chi connectivity index (χ2v) is 6.99. The van der Waals surface area contributed by atoms with Gasteiger partial charge in [0.1, 0.15) is 11.5 Å². The minimum absolute atomic E-state index is 0.120. The SMILES string of the molecule is CN(C)c1ccc(CN2C[C@@]34C=C[C@@H](O3)C(C(=O)O)[C@H]4C2=O)cc1. The molecule has 1 spiro atoms. The third kappa shape index (κ3) is 2.06. The van der Waals surface area contributed by atoms with E-state index >= 15 is 0 Å². The van der Waals surface area contributed by atoms with Crippen LogP contribution in [0.5, 0.6) is 0 Å². The molecule has 126 valence electrons. The number of carbonyl (C=O) groups excluding carboxylic acids is 1. The minimum Gasteiger partial charge on any atom is -0.481 e. The Balaban J connectivity index is 1.55. The van der Waals surface area contributed by atoms with Crippen molar-refractivity contribution in [3.05, 3.63) is 42.0 Å². The number of nitrogens with zero attached hydrogens (tertiary/aromatic N) is 2. The van der Waals surface area contributed by atoms with Gasteiger partial charge in [-0.1, -0.05) is 24.3 Å². The number of hydrogen-bond acceptors (Lipinski definition) is 4. The van der Waals surface area contributed by atoms with E-state index in [-0.39, 0.29) is 5.91 Å². The zero-order valence-electron chi connectivity index (χ0n) is 13.7. The normalized spacial score (nSPS) is 33.2. The summed E-state index contributed by atoms with van der Waals surface area (Å²) in [5.41, 5.74) is 1.36. The van der Waals surface area contributed by atoms with E-state index in [1.807, 2.05) is 49.3 Å². The van der Waals surface area contributed by atoms with Gasteiger partial charge in [-0.05, 0) is 17.7 Å². The van der Waals surface area contributed by atoms with Crippen LogP contribution in [0.2, 0.25) is 0 Å². The van der Waals surface area contributed by atoms with E-state index < -0.39 is 29.5 Å². The molecule has 1 aromatic rings. The van der Waals surface area contributed by atoms with E-state index in [1.165, 1.54) is 0 Å². The van der Waals surface area contributed by atoms with E-state index in [9.17, 15) is 14.7 Å². The second kappa shape index (κ2) is 5.08. The molecule has 4 atom stereocenters. The third-order valence-corrected chi connectivity index (χ3v) is 5.29. The monoisotopic (exact) mass is 328 g/mol. The van der Waals surface area contributed by atoms with Gasteiger partial charge < -0.3 is 19.6 Å². The van der Waals surface area contributed by atoms with Gasteiger partial charge in [0.2, 0.25) is 5.91 Å². The van der Waals surface area contributed by atoms with Crippen LogP contribution in [-0.2, 0) is 20.9 Å². The average Bonchev–Trinajstić information content (AvgIpc) is 3.16. The van der Waals surface area contributed by atoms with Crippen LogP contribution in [0.15, 0.2) is 36.4 Å². The molecule has 2 fully saturated rings. The fourth-order valence-corrected chi connectivity index (χ4v) is 4.11. The van der Waals surface area contributed by atoms with Crippen molar-refractivity contribution in [2.45, 2.75) is 18.2 Å². The maximum atomic E-state index is 12.8. The van der Waals surface area contributed by atoms with Gasteiger partial charge in [-0.15, -0.1) is 0 Å². The lowest BCUT2D eigenvalue weighted by atomic mass is 9.77. The molecule has 1 amide bonds. The van der Waals surface area contributed by atoms with Gasteiger partial charge in [0.15, 0.2) is 0 Å². The first kappa shape index (κ1) is 15.2. The number of benzene rings is 1. The quantitative estimate of drug-likeness (QED) is 0.839. The van der Waals surface area contributed by atoms with E-state index in [2.05, 4.69) is 0 Å². The molecule has 0 radical (unpaired) electrons. The van der Waals surface area contributed by atoms with E-state index in [1.54, 1.807) is 11.0 Å². The molecule has 1 aromatic carbocycles. The molecule has 1 N–H and O–H groups in total. The highest BCUT2D eigenvalue weighted by molar-refractivity contribution is 5.90. The number of aliphatic carboxylic acids is 1. The fraction of sp³-hybridized carbons (Fsp3) is 0.444. The molecule has 0 aliphatic carbocycles. The molecule has 4 rings (SSSR count). The van der Waals surface area contributed by atoms with Crippen LogP contribution >= 0.6 is 0 Å². The number of carbonyl (C=O) groups is 2. The molecule has 1 unspecified atom stereocenters. The molecule has 6 heteroatoms. The predicted molar refractivity (Wildman–Crippen MR) is 87.5 cm³/mol. The summed E-state index contributed by atoms with van der Waals surface area (Å²) in [5, 5.41) is 9.47. The smallest absolute Gasteiger partial charge is 0.310 e. The van der Waals surface area contributed by atoms with Crippen molar-refractivity contribution in [2.24, 2.45) is 11.8 Å². The highest BCUT2D eigenvalue weighted by Crippen LogP contribution is 2.52. The Labute approximate surface area is 140 Å². The summed E-state index contributed by atoms with van der Waals surface area (Å²) in [7, 11) is 3.96. The zero-order chi connectivity index (χ0) is 17.1. The summed E-state index contributed by atoms with van der Waals surface area (Å²) in [6.07, 6.45) is 3.20. The molecular formula is C18H20N2O4. The van der Waals surface area contributed by atoms with Crippen molar-refractivity contribution in [3.8, 4) is 0 Å². The van der Waals surface area contributed by atoms with Gasteiger partial charge in [0.05, 0.1) is 18.6 Å². The van der Waals surface area contributed by atoms with Crippen LogP contribution in [0, 0.1) is 11.8 Å². The maximum Gasteiger partial charge on any atom is 0.310 e. The van der Waals surface area contributed by atoms with Gasteiger partial charge in [0, 0.05) is 26.3 Å². The third-order valence-electron chi connectivity index (χ3n) is 5.29. The number of amides is 1. The van der Waals surface area contributed by atoms with E-state index in [0.29, 0.717) is 13.1 Å². The lowest BCUT2D eigenvalue weighted by molar-refractivity contribution is -0.148. The molecule has 0 aromatic heterocycles. The van der Waals surface area contributed by atoms with Crippen LogP contribution < -0.4 is 4.90 Å². The summed E-state index contributed by atoms with van der Waals surface area (Å²) in [4.78, 5) is 28.1. The molecule has 3 heterocycles. The van der Waals surface area contributed by atoms with Gasteiger partial charge in [0.25, 0.3) is 0 Å². The maximum absolute atomic E-state index is 12.8. The van der Waals surface area contributed by atoms with Gasteiger partial charge in [-0.25, -0.2) is 0 Å². The van der Waals surface area contributed by atoms with Crippen molar-refractivity contribution >= 4 is 17.6 Å². The van der Waals surface area contributed by atoms with E-state index in [0.717, 1.165) is 11.3 Å². The van der Waals surface area contributed by atoms with Gasteiger partial charge in [-0.2, -0.15) is 0 Å². The first-order chi connectivity index (χ1) is 11.4. The molecular weight excluding hydrogens is 308 g/mol. The topological polar surface area (TPSA) is 70.1 Å². The molecule has 0 saturated carbocycles. The van der Waals surface area contributed by atoms with Crippen LogP contribution in [0.25, 0.3) is 0 Å². The first-order valence-corrected chi connectivity index (χ1v) is 8.06.